The highest BCUT2D eigenvalue weighted by atomic mass is 16.3. The van der Waals surface area contributed by atoms with Crippen LogP contribution in [0.15, 0.2) is 65.3 Å². The van der Waals surface area contributed by atoms with Crippen molar-refractivity contribution in [1.82, 2.24) is 4.98 Å². The summed E-state index contributed by atoms with van der Waals surface area (Å²) in [5.41, 5.74) is 11.6. The second-order valence-electron chi connectivity index (χ2n) is 10.3. The number of benzene rings is 2. The maximum Gasteiger partial charge on any atom is 0.216 e. The fourth-order valence-electron chi connectivity index (χ4n) is 5.48. The van der Waals surface area contributed by atoms with Crippen molar-refractivity contribution in [3.05, 3.63) is 83.3 Å². The molecule has 164 valence electrons. The van der Waals surface area contributed by atoms with Crippen molar-refractivity contribution in [2.75, 3.05) is 0 Å². The molecule has 1 aliphatic carbocycles. The van der Waals surface area contributed by atoms with Crippen molar-refractivity contribution < 1.29 is 8.98 Å². The van der Waals surface area contributed by atoms with Gasteiger partial charge in [0, 0.05) is 40.1 Å². The molecule has 0 amide bonds. The van der Waals surface area contributed by atoms with Gasteiger partial charge in [-0.15, -0.1) is 0 Å². The van der Waals surface area contributed by atoms with Gasteiger partial charge in [0.1, 0.15) is 18.2 Å². The molecule has 0 aliphatic heterocycles. The van der Waals surface area contributed by atoms with Gasteiger partial charge in [-0.1, -0.05) is 45.9 Å². The van der Waals surface area contributed by atoms with Crippen molar-refractivity contribution >= 4 is 21.9 Å². The van der Waals surface area contributed by atoms with Gasteiger partial charge in [-0.3, -0.25) is 4.98 Å². The van der Waals surface area contributed by atoms with Crippen LogP contribution in [0.1, 0.15) is 56.0 Å². The highest BCUT2D eigenvalue weighted by Gasteiger charge is 2.37. The van der Waals surface area contributed by atoms with Crippen molar-refractivity contribution in [2.45, 2.75) is 46.0 Å². The predicted molar refractivity (Wildman–Crippen MR) is 135 cm³/mol. The Labute approximate surface area is 194 Å². The fourth-order valence-corrected chi connectivity index (χ4v) is 5.48. The number of fused-ring (bicyclic) bond motifs is 6. The van der Waals surface area contributed by atoms with Crippen LogP contribution in [0.25, 0.3) is 44.3 Å². The highest BCUT2D eigenvalue weighted by Crippen LogP contribution is 2.50. The van der Waals surface area contributed by atoms with Gasteiger partial charge in [0.25, 0.3) is 0 Å². The predicted octanol–water partition coefficient (Wildman–Crippen LogP) is 7.21. The molecular weight excluding hydrogens is 404 g/mol. The van der Waals surface area contributed by atoms with Crippen LogP contribution in [-0.4, -0.2) is 4.98 Å². The lowest BCUT2D eigenvalue weighted by atomic mass is 9.84. The second-order valence-corrected chi connectivity index (χ2v) is 10.3. The molecule has 3 heteroatoms. The van der Waals surface area contributed by atoms with Gasteiger partial charge in [0.2, 0.25) is 5.69 Å². The molecule has 0 fully saturated rings. The summed E-state index contributed by atoms with van der Waals surface area (Å²) in [4.78, 5) is 4.73. The third kappa shape index (κ3) is 2.75. The van der Waals surface area contributed by atoms with E-state index in [1.54, 1.807) is 0 Å². The molecule has 0 saturated heterocycles. The maximum atomic E-state index is 6.65. The molecule has 6 rings (SSSR count). The second kappa shape index (κ2) is 6.77. The lowest BCUT2D eigenvalue weighted by molar-refractivity contribution is -0.660. The van der Waals surface area contributed by atoms with Crippen molar-refractivity contribution in [3.63, 3.8) is 0 Å². The number of hydrogen-bond acceptors (Lipinski definition) is 2. The molecule has 3 heterocycles. The molecule has 33 heavy (non-hydrogen) atoms. The SMILES string of the molecule is Cc1ccc2c(oc3cc4c(cc32)C(C)(C)c2ncccc2-4)c1-c1cc(C(C)C)cc[n+]1C. The summed E-state index contributed by atoms with van der Waals surface area (Å²) >= 11 is 0. The third-order valence-electron chi connectivity index (χ3n) is 7.45. The zero-order valence-corrected chi connectivity index (χ0v) is 20.2. The van der Waals surface area contributed by atoms with Crippen LogP contribution in [0, 0.1) is 6.92 Å². The molecule has 3 aromatic heterocycles. The number of aryl methyl sites for hydroxylation is 2. The Balaban J connectivity index is 1.67. The average Bonchev–Trinajstić information content (AvgIpc) is 3.26. The summed E-state index contributed by atoms with van der Waals surface area (Å²) < 4.78 is 8.85. The van der Waals surface area contributed by atoms with Crippen LogP contribution in [0.5, 0.6) is 0 Å². The first kappa shape index (κ1) is 20.2. The minimum Gasteiger partial charge on any atom is -0.455 e. The lowest BCUT2D eigenvalue weighted by Gasteiger charge is -2.19. The van der Waals surface area contributed by atoms with Crippen LogP contribution in [0.2, 0.25) is 0 Å². The van der Waals surface area contributed by atoms with E-state index in [0.717, 1.165) is 16.9 Å². The van der Waals surface area contributed by atoms with Crippen LogP contribution < -0.4 is 4.57 Å². The van der Waals surface area contributed by atoms with E-state index in [9.17, 15) is 0 Å². The van der Waals surface area contributed by atoms with Gasteiger partial charge in [-0.2, -0.15) is 0 Å². The van der Waals surface area contributed by atoms with Gasteiger partial charge in [0.05, 0.1) is 11.3 Å². The number of furan rings is 1. The molecule has 1 aliphatic rings. The van der Waals surface area contributed by atoms with E-state index in [0.29, 0.717) is 5.92 Å². The third-order valence-corrected chi connectivity index (χ3v) is 7.45. The number of hydrogen-bond donors (Lipinski definition) is 0. The summed E-state index contributed by atoms with van der Waals surface area (Å²) in [6, 6.07) is 17.7. The van der Waals surface area contributed by atoms with Crippen LogP contribution in [-0.2, 0) is 12.5 Å². The normalized spacial score (nSPS) is 14.3. The van der Waals surface area contributed by atoms with Gasteiger partial charge >= 0.3 is 0 Å². The first-order chi connectivity index (χ1) is 15.8. The molecule has 3 nitrogen and oxygen atoms in total. The monoisotopic (exact) mass is 433 g/mol. The Morgan fingerprint density at radius 3 is 2.58 bits per heavy atom. The number of nitrogens with zero attached hydrogens (tertiary/aromatic N) is 2. The zero-order valence-electron chi connectivity index (χ0n) is 20.2. The zero-order chi connectivity index (χ0) is 23.1. The molecule has 5 aromatic rings. The molecule has 0 spiro atoms. The van der Waals surface area contributed by atoms with E-state index in [1.165, 1.54) is 49.8 Å². The van der Waals surface area contributed by atoms with E-state index in [2.05, 4.69) is 94.9 Å². The molecule has 0 bridgehead atoms. The summed E-state index contributed by atoms with van der Waals surface area (Å²) in [6.07, 6.45) is 4.05. The number of pyridine rings is 2. The summed E-state index contributed by atoms with van der Waals surface area (Å²) in [5, 5.41) is 2.34. The lowest BCUT2D eigenvalue weighted by Crippen LogP contribution is -2.31. The molecule has 0 atom stereocenters. The molecule has 0 saturated carbocycles. The van der Waals surface area contributed by atoms with Gasteiger partial charge < -0.3 is 4.42 Å². The van der Waals surface area contributed by atoms with Crippen molar-refractivity contribution in [1.29, 1.82) is 0 Å². The Morgan fingerprint density at radius 1 is 0.970 bits per heavy atom. The fraction of sp³-hybridized carbons (Fsp3) is 0.267. The van der Waals surface area contributed by atoms with Gasteiger partial charge in [-0.05, 0) is 53.3 Å². The first-order valence-electron chi connectivity index (χ1n) is 11.7. The first-order valence-corrected chi connectivity index (χ1v) is 11.7. The quantitative estimate of drug-likeness (QED) is 0.275. The topological polar surface area (TPSA) is 29.9 Å². The minimum atomic E-state index is -0.130. The molecule has 0 N–H and O–H groups in total. The van der Waals surface area contributed by atoms with Gasteiger partial charge in [0.15, 0.2) is 6.20 Å². The summed E-state index contributed by atoms with van der Waals surface area (Å²) in [5.74, 6) is 0.471. The molecular formula is C30H29N2O+. The van der Waals surface area contributed by atoms with E-state index < -0.39 is 0 Å². The Morgan fingerprint density at radius 2 is 1.79 bits per heavy atom. The highest BCUT2D eigenvalue weighted by molar-refractivity contribution is 6.11. The molecule has 2 aromatic carbocycles. The Hall–Kier alpha value is -3.46. The standard InChI is InChI=1S/C30H29N2O/c1-17(2)19-11-13-32(6)25(14-19)27-18(3)9-10-20-23-15-24-22(16-26(23)33-28(20)27)21-8-7-12-31-29(21)30(24,4)5/h7-17H,1-6H3/q+1. The number of rotatable bonds is 2. The minimum absolute atomic E-state index is 0.130. The van der Waals surface area contributed by atoms with Gasteiger partial charge in [-0.25, -0.2) is 4.57 Å². The number of aromatic nitrogens is 2. The van der Waals surface area contributed by atoms with E-state index in [1.807, 2.05) is 12.3 Å². The Bertz CT molecular complexity index is 1590. The summed E-state index contributed by atoms with van der Waals surface area (Å²) in [7, 11) is 2.11. The molecule has 0 radical (unpaired) electrons. The van der Waals surface area contributed by atoms with Crippen LogP contribution in [0.3, 0.4) is 0 Å². The summed E-state index contributed by atoms with van der Waals surface area (Å²) in [6.45, 7) is 11.2. The largest absolute Gasteiger partial charge is 0.455 e. The Kier molecular flexibility index (Phi) is 4.14. The smallest absolute Gasteiger partial charge is 0.216 e. The van der Waals surface area contributed by atoms with E-state index in [-0.39, 0.29) is 5.41 Å². The van der Waals surface area contributed by atoms with Crippen LogP contribution in [0.4, 0.5) is 0 Å². The maximum absolute atomic E-state index is 6.65. The van der Waals surface area contributed by atoms with E-state index in [4.69, 9.17) is 9.40 Å². The van der Waals surface area contributed by atoms with Crippen LogP contribution >= 0.6 is 0 Å². The van der Waals surface area contributed by atoms with E-state index >= 15 is 0 Å². The van der Waals surface area contributed by atoms with Crippen molar-refractivity contribution in [2.24, 2.45) is 7.05 Å². The molecule has 0 unspecified atom stereocenters. The average molecular weight is 434 g/mol. The van der Waals surface area contributed by atoms with Crippen molar-refractivity contribution in [3.8, 4) is 22.4 Å².